The first-order valence-corrected chi connectivity index (χ1v) is 7.21. The molecule has 114 valence electrons. The van der Waals surface area contributed by atoms with Crippen LogP contribution in [0.5, 0.6) is 0 Å². The summed E-state index contributed by atoms with van der Waals surface area (Å²) in [5, 5.41) is 10.4. The van der Waals surface area contributed by atoms with Crippen molar-refractivity contribution >= 4 is 35.6 Å². The number of thiophene rings is 1. The Kier molecular flexibility index (Phi) is 9.20. The Morgan fingerprint density at radius 1 is 1.30 bits per heavy atom. The van der Waals surface area contributed by atoms with Gasteiger partial charge in [-0.25, -0.2) is 0 Å². The van der Waals surface area contributed by atoms with E-state index in [2.05, 4.69) is 16.0 Å². The van der Waals surface area contributed by atoms with Crippen molar-refractivity contribution in [2.75, 3.05) is 20.1 Å². The molecule has 0 saturated carbocycles. The van der Waals surface area contributed by atoms with Gasteiger partial charge >= 0.3 is 0 Å². The smallest absolute Gasteiger partial charge is 0.262 e. The summed E-state index contributed by atoms with van der Waals surface area (Å²) >= 11 is 1.36. The number of hydrogen-bond acceptors (Lipinski definition) is 4. The minimum absolute atomic E-state index is 0. The molecule has 2 amide bonds. The monoisotopic (exact) mass is 319 g/mol. The van der Waals surface area contributed by atoms with Gasteiger partial charge in [-0.1, -0.05) is 19.9 Å². The molecule has 1 atom stereocenters. The van der Waals surface area contributed by atoms with E-state index in [-0.39, 0.29) is 30.1 Å². The van der Waals surface area contributed by atoms with Gasteiger partial charge in [0.1, 0.15) is 6.04 Å². The van der Waals surface area contributed by atoms with Crippen LogP contribution in [0, 0.1) is 5.92 Å². The molecule has 7 heteroatoms. The molecule has 5 nitrogen and oxygen atoms in total. The molecule has 1 heterocycles. The number of nitrogens with one attached hydrogen (secondary N) is 3. The molecular weight excluding hydrogens is 298 g/mol. The third-order valence-corrected chi connectivity index (χ3v) is 3.52. The van der Waals surface area contributed by atoms with E-state index in [1.807, 2.05) is 32.3 Å². The van der Waals surface area contributed by atoms with E-state index in [1.54, 1.807) is 6.07 Å². The predicted molar refractivity (Wildman–Crippen MR) is 84.6 cm³/mol. The maximum Gasteiger partial charge on any atom is 0.262 e. The fraction of sp³-hybridized carbons (Fsp3) is 0.538. The summed E-state index contributed by atoms with van der Waals surface area (Å²) in [6.45, 7) is 5.08. The number of likely N-dealkylation sites (N-methyl/N-ethyl adjacent to an activating group) is 1. The lowest BCUT2D eigenvalue weighted by molar-refractivity contribution is -0.123. The topological polar surface area (TPSA) is 70.2 Å². The highest BCUT2D eigenvalue weighted by molar-refractivity contribution is 7.12. The van der Waals surface area contributed by atoms with Crippen molar-refractivity contribution in [3.05, 3.63) is 22.4 Å². The van der Waals surface area contributed by atoms with E-state index < -0.39 is 6.04 Å². The van der Waals surface area contributed by atoms with Crippen LogP contribution in [0.1, 0.15) is 23.5 Å². The van der Waals surface area contributed by atoms with E-state index in [9.17, 15) is 9.59 Å². The van der Waals surface area contributed by atoms with Crippen LogP contribution in [0.15, 0.2) is 17.5 Å². The summed E-state index contributed by atoms with van der Waals surface area (Å²) < 4.78 is 0. The van der Waals surface area contributed by atoms with Crippen LogP contribution < -0.4 is 16.0 Å². The Labute approximate surface area is 129 Å². The number of hydrogen-bond donors (Lipinski definition) is 3. The first kappa shape index (κ1) is 18.9. The van der Waals surface area contributed by atoms with Crippen molar-refractivity contribution in [3.8, 4) is 0 Å². The van der Waals surface area contributed by atoms with Crippen molar-refractivity contribution in [1.82, 2.24) is 16.0 Å². The van der Waals surface area contributed by atoms with Crippen LogP contribution in [0.25, 0.3) is 0 Å². The Morgan fingerprint density at radius 3 is 2.50 bits per heavy atom. The highest BCUT2D eigenvalue weighted by Gasteiger charge is 2.24. The van der Waals surface area contributed by atoms with Crippen molar-refractivity contribution in [2.45, 2.75) is 19.9 Å². The van der Waals surface area contributed by atoms with Crippen molar-refractivity contribution in [2.24, 2.45) is 5.92 Å². The van der Waals surface area contributed by atoms with Crippen LogP contribution >= 0.6 is 23.7 Å². The summed E-state index contributed by atoms with van der Waals surface area (Å²) in [6, 6.07) is 3.05. The van der Waals surface area contributed by atoms with Crippen LogP contribution in [-0.2, 0) is 4.79 Å². The Balaban J connectivity index is 0.00000361. The molecule has 1 rings (SSSR count). The lowest BCUT2D eigenvalue weighted by Gasteiger charge is -2.21. The van der Waals surface area contributed by atoms with Gasteiger partial charge in [0.25, 0.3) is 5.91 Å². The summed E-state index contributed by atoms with van der Waals surface area (Å²) in [7, 11) is 1.82. The van der Waals surface area contributed by atoms with Gasteiger partial charge in [0, 0.05) is 13.1 Å². The largest absolute Gasteiger partial charge is 0.353 e. The SMILES string of the molecule is CNCCNC(=O)C(NC(=O)c1cccs1)C(C)C.Cl. The maximum atomic E-state index is 12.0. The standard InChI is InChI=1S/C13H21N3O2S.ClH/c1-9(2)11(13(18)15-7-6-14-3)16-12(17)10-5-4-8-19-10;/h4-5,8-9,11,14H,6-7H2,1-3H3,(H,15,18)(H,16,17);1H. The second-order valence-electron chi connectivity index (χ2n) is 4.57. The zero-order chi connectivity index (χ0) is 14.3. The van der Waals surface area contributed by atoms with Gasteiger partial charge in [-0.15, -0.1) is 23.7 Å². The summed E-state index contributed by atoms with van der Waals surface area (Å²) in [5.74, 6) is -0.300. The van der Waals surface area contributed by atoms with Gasteiger partial charge in [-0.3, -0.25) is 9.59 Å². The number of carbonyl (C=O) groups excluding carboxylic acids is 2. The number of amides is 2. The summed E-state index contributed by atoms with van der Waals surface area (Å²) in [5.41, 5.74) is 0. The van der Waals surface area contributed by atoms with E-state index in [4.69, 9.17) is 0 Å². The molecular formula is C13H22ClN3O2S. The van der Waals surface area contributed by atoms with Crippen LogP contribution in [0.4, 0.5) is 0 Å². The van der Waals surface area contributed by atoms with E-state index in [0.29, 0.717) is 18.0 Å². The lowest BCUT2D eigenvalue weighted by Crippen LogP contribution is -2.50. The minimum atomic E-state index is -0.508. The quantitative estimate of drug-likeness (QED) is 0.663. The minimum Gasteiger partial charge on any atom is -0.353 e. The van der Waals surface area contributed by atoms with E-state index in [1.165, 1.54) is 11.3 Å². The second-order valence-corrected chi connectivity index (χ2v) is 5.51. The molecule has 0 radical (unpaired) electrons. The predicted octanol–water partition coefficient (Wildman–Crippen LogP) is 1.26. The number of halogens is 1. The fourth-order valence-electron chi connectivity index (χ4n) is 1.58. The van der Waals surface area contributed by atoms with Crippen LogP contribution in [0.2, 0.25) is 0 Å². The molecule has 0 aliphatic heterocycles. The molecule has 0 spiro atoms. The molecule has 0 fully saturated rings. The van der Waals surface area contributed by atoms with Gasteiger partial charge in [0.2, 0.25) is 5.91 Å². The van der Waals surface area contributed by atoms with E-state index in [0.717, 1.165) is 0 Å². The highest BCUT2D eigenvalue weighted by atomic mass is 35.5. The molecule has 0 bridgehead atoms. The summed E-state index contributed by atoms with van der Waals surface area (Å²) in [6.07, 6.45) is 0. The molecule has 0 saturated heterocycles. The van der Waals surface area contributed by atoms with Gasteiger partial charge in [0.05, 0.1) is 4.88 Å². The number of carbonyl (C=O) groups is 2. The molecule has 0 aliphatic rings. The van der Waals surface area contributed by atoms with E-state index >= 15 is 0 Å². The highest BCUT2D eigenvalue weighted by Crippen LogP contribution is 2.10. The molecule has 0 aromatic carbocycles. The second kappa shape index (κ2) is 9.74. The van der Waals surface area contributed by atoms with Crippen molar-refractivity contribution in [3.63, 3.8) is 0 Å². The normalized spacial score (nSPS) is 11.6. The zero-order valence-corrected chi connectivity index (χ0v) is 13.6. The Hall–Kier alpha value is -1.11. The maximum absolute atomic E-state index is 12.0. The molecule has 3 N–H and O–H groups in total. The summed E-state index contributed by atoms with van der Waals surface area (Å²) in [4.78, 5) is 24.6. The number of rotatable bonds is 7. The fourth-order valence-corrected chi connectivity index (χ4v) is 2.20. The molecule has 1 unspecified atom stereocenters. The van der Waals surface area contributed by atoms with Gasteiger partial charge < -0.3 is 16.0 Å². The average Bonchev–Trinajstić information content (AvgIpc) is 2.89. The average molecular weight is 320 g/mol. The molecule has 1 aromatic heterocycles. The molecule has 0 aliphatic carbocycles. The first-order chi connectivity index (χ1) is 9.06. The first-order valence-electron chi connectivity index (χ1n) is 6.33. The Morgan fingerprint density at radius 2 is 2.00 bits per heavy atom. The van der Waals surface area contributed by atoms with Crippen molar-refractivity contribution in [1.29, 1.82) is 0 Å². The lowest BCUT2D eigenvalue weighted by atomic mass is 10.0. The Bertz CT molecular complexity index is 410. The molecule has 1 aromatic rings. The third-order valence-electron chi connectivity index (χ3n) is 2.65. The van der Waals surface area contributed by atoms with Gasteiger partial charge in [-0.05, 0) is 24.4 Å². The van der Waals surface area contributed by atoms with Crippen molar-refractivity contribution < 1.29 is 9.59 Å². The van der Waals surface area contributed by atoms with Gasteiger partial charge in [0.15, 0.2) is 0 Å². The van der Waals surface area contributed by atoms with Crippen LogP contribution in [0.3, 0.4) is 0 Å². The molecule has 20 heavy (non-hydrogen) atoms. The van der Waals surface area contributed by atoms with Gasteiger partial charge in [-0.2, -0.15) is 0 Å². The zero-order valence-electron chi connectivity index (χ0n) is 11.9. The third kappa shape index (κ3) is 5.90. The van der Waals surface area contributed by atoms with Crippen LogP contribution in [-0.4, -0.2) is 38.0 Å².